The van der Waals surface area contributed by atoms with Crippen LogP contribution in [0.5, 0.6) is 0 Å². The first-order valence-corrected chi connectivity index (χ1v) is 13.1. The highest BCUT2D eigenvalue weighted by Gasteiger charge is 2.20. The maximum Gasteiger partial charge on any atom is 0.296 e. The van der Waals surface area contributed by atoms with Gasteiger partial charge in [0.15, 0.2) is 12.3 Å². The van der Waals surface area contributed by atoms with Crippen molar-refractivity contribution in [2.75, 3.05) is 12.3 Å². The Labute approximate surface area is 204 Å². The van der Waals surface area contributed by atoms with E-state index in [4.69, 9.17) is 15.2 Å². The van der Waals surface area contributed by atoms with Gasteiger partial charge in [0.2, 0.25) is 0 Å². The maximum atomic E-state index is 11.9. The lowest BCUT2D eigenvalue weighted by atomic mass is 10.1. The van der Waals surface area contributed by atoms with E-state index >= 15 is 0 Å². The van der Waals surface area contributed by atoms with Gasteiger partial charge in [-0.25, -0.2) is 5.26 Å². The molecule has 0 atom stereocenters. The minimum Gasteiger partial charge on any atom is -0.396 e. The monoisotopic (exact) mass is 545 g/mol. The number of benzene rings is 3. The van der Waals surface area contributed by atoms with Crippen molar-refractivity contribution in [2.45, 2.75) is 22.6 Å². The Balaban J connectivity index is 1.94. The van der Waals surface area contributed by atoms with Crippen molar-refractivity contribution in [3.63, 3.8) is 0 Å². The molecular formula is C19H19N3O10S3. The molecule has 0 spiro atoms. The third-order valence-electron chi connectivity index (χ3n) is 4.67. The number of azo groups is 1. The van der Waals surface area contributed by atoms with Crippen LogP contribution < -0.4 is 5.73 Å². The van der Waals surface area contributed by atoms with Crippen LogP contribution in [0.4, 0.5) is 17.1 Å². The zero-order valence-corrected chi connectivity index (χ0v) is 20.1. The molecule has 0 aliphatic rings. The Morgan fingerprint density at radius 1 is 0.886 bits per heavy atom. The molecule has 0 saturated heterocycles. The summed E-state index contributed by atoms with van der Waals surface area (Å²) in [4.78, 5) is -0.974. The molecule has 0 fully saturated rings. The molecule has 5 N–H and O–H groups in total. The summed E-state index contributed by atoms with van der Waals surface area (Å²) in [7, 11) is -9.34. The molecular weight excluding hydrogens is 526 g/mol. The number of anilines is 1. The van der Waals surface area contributed by atoms with Gasteiger partial charge in [0.1, 0.15) is 21.2 Å². The van der Waals surface area contributed by atoms with Crippen LogP contribution in [0.1, 0.15) is 12.0 Å². The number of hydrogen-bond acceptors (Lipinski definition) is 12. The summed E-state index contributed by atoms with van der Waals surface area (Å²) in [5, 5.41) is 19.6. The fourth-order valence-electron chi connectivity index (χ4n) is 3.16. The van der Waals surface area contributed by atoms with Gasteiger partial charge in [-0.2, -0.15) is 16.8 Å². The topological polar surface area (TPSA) is 207 Å². The van der Waals surface area contributed by atoms with Crippen LogP contribution >= 0.6 is 12.3 Å². The van der Waals surface area contributed by atoms with Crippen molar-refractivity contribution in [1.82, 2.24) is 0 Å². The van der Waals surface area contributed by atoms with E-state index in [9.17, 15) is 25.9 Å². The van der Waals surface area contributed by atoms with Crippen molar-refractivity contribution in [2.24, 2.45) is 10.2 Å². The van der Waals surface area contributed by atoms with Gasteiger partial charge in [0, 0.05) is 10.8 Å². The van der Waals surface area contributed by atoms with E-state index in [1.165, 1.54) is 24.3 Å². The van der Waals surface area contributed by atoms with Crippen molar-refractivity contribution in [3.8, 4) is 0 Å². The van der Waals surface area contributed by atoms with Gasteiger partial charge in [-0.15, -0.1) is 14.6 Å². The SMILES string of the molecule is Nc1c(N=Nc2ccc(CCCOSOOO)cc2S(=O)(=O)O)cc(S(=O)(=O)O)c2ccccc12. The molecule has 3 aromatic carbocycles. The van der Waals surface area contributed by atoms with Gasteiger partial charge >= 0.3 is 0 Å². The number of hydrogen-bond donors (Lipinski definition) is 4. The number of nitrogens with zero attached hydrogens (tertiary/aromatic N) is 2. The molecule has 13 nitrogen and oxygen atoms in total. The summed E-state index contributed by atoms with van der Waals surface area (Å²) in [6.07, 6.45) is 0.787. The lowest BCUT2D eigenvalue weighted by molar-refractivity contribution is -0.434. The maximum absolute atomic E-state index is 11.9. The normalized spacial score (nSPS) is 12.5. The van der Waals surface area contributed by atoms with E-state index in [1.807, 2.05) is 0 Å². The predicted octanol–water partition coefficient (Wildman–Crippen LogP) is 4.26. The Hall–Kier alpha value is -2.67. The highest BCUT2D eigenvalue weighted by molar-refractivity contribution is 7.89. The molecule has 0 aliphatic heterocycles. The highest BCUT2D eigenvalue weighted by atomic mass is 32.2. The van der Waals surface area contributed by atoms with Crippen molar-refractivity contribution >= 4 is 60.4 Å². The van der Waals surface area contributed by atoms with Crippen LogP contribution in [-0.4, -0.2) is 37.8 Å². The van der Waals surface area contributed by atoms with Gasteiger partial charge in [0.25, 0.3) is 20.2 Å². The van der Waals surface area contributed by atoms with Crippen LogP contribution in [0.15, 0.2) is 68.6 Å². The Morgan fingerprint density at radius 3 is 2.20 bits per heavy atom. The van der Waals surface area contributed by atoms with Crippen LogP contribution in [0.3, 0.4) is 0 Å². The Morgan fingerprint density at radius 2 is 1.54 bits per heavy atom. The number of nitrogen functional groups attached to an aromatic ring is 1. The number of aryl methyl sites for hydroxylation is 1. The van der Waals surface area contributed by atoms with Crippen LogP contribution in [0, 0.1) is 0 Å². The molecule has 35 heavy (non-hydrogen) atoms. The molecule has 0 aliphatic carbocycles. The van der Waals surface area contributed by atoms with Gasteiger partial charge < -0.3 is 5.73 Å². The van der Waals surface area contributed by atoms with Gasteiger partial charge in [-0.3, -0.25) is 13.3 Å². The zero-order valence-electron chi connectivity index (χ0n) is 17.6. The van der Waals surface area contributed by atoms with Gasteiger partial charge in [-0.1, -0.05) is 35.4 Å². The Bertz CT molecular complexity index is 1460. The predicted molar refractivity (Wildman–Crippen MR) is 125 cm³/mol. The summed E-state index contributed by atoms with van der Waals surface area (Å²) >= 11 is 0.408. The minimum atomic E-state index is -4.70. The summed E-state index contributed by atoms with van der Waals surface area (Å²) in [5.74, 6) is 0. The first kappa shape index (κ1) is 26.9. The van der Waals surface area contributed by atoms with E-state index in [-0.39, 0.29) is 29.1 Å². The van der Waals surface area contributed by atoms with Crippen molar-refractivity contribution in [1.29, 1.82) is 0 Å². The van der Waals surface area contributed by atoms with Crippen LogP contribution in [0.2, 0.25) is 0 Å². The first-order valence-electron chi connectivity index (χ1n) is 9.59. The van der Waals surface area contributed by atoms with Gasteiger partial charge in [0.05, 0.1) is 12.3 Å². The van der Waals surface area contributed by atoms with Crippen molar-refractivity contribution in [3.05, 3.63) is 54.1 Å². The van der Waals surface area contributed by atoms with E-state index in [1.54, 1.807) is 18.2 Å². The van der Waals surface area contributed by atoms with Gasteiger partial charge in [-0.05, 0) is 36.6 Å². The standard InChI is InChI=1S/C19H19N3O10S3/c20-19-14-6-2-1-5-13(14)17(34(24,25)26)11-16(19)22-21-15-8-7-12(10-18(15)35(27,28)29)4-3-9-30-33-32-31-23/h1-2,5-8,10-11,23H,3-4,9,20H2,(H,24,25,26)(H,27,28,29). The first-order chi connectivity index (χ1) is 16.5. The van der Waals surface area contributed by atoms with Crippen LogP contribution in [0.25, 0.3) is 10.8 Å². The van der Waals surface area contributed by atoms with Crippen molar-refractivity contribution < 1.29 is 44.8 Å². The smallest absolute Gasteiger partial charge is 0.296 e. The van der Waals surface area contributed by atoms with E-state index in [2.05, 4.69) is 19.6 Å². The number of fused-ring (bicyclic) bond motifs is 1. The second kappa shape index (κ2) is 11.4. The molecule has 0 heterocycles. The van der Waals surface area contributed by atoms with E-state index < -0.39 is 30.0 Å². The second-order valence-corrected chi connectivity index (χ2v) is 10.2. The third-order valence-corrected chi connectivity index (χ3v) is 6.83. The van der Waals surface area contributed by atoms with E-state index in [0.717, 1.165) is 6.07 Å². The molecule has 188 valence electrons. The zero-order chi connectivity index (χ0) is 25.6. The average Bonchev–Trinajstić information content (AvgIpc) is 2.80. The summed E-state index contributed by atoms with van der Waals surface area (Å²) in [5.41, 5.74) is 6.32. The lowest BCUT2D eigenvalue weighted by Crippen LogP contribution is -2.01. The fourth-order valence-corrected chi connectivity index (χ4v) is 4.80. The lowest BCUT2D eigenvalue weighted by Gasteiger charge is -2.10. The molecule has 0 radical (unpaired) electrons. The minimum absolute atomic E-state index is 0.0511. The molecule has 0 bridgehead atoms. The third kappa shape index (κ3) is 6.94. The van der Waals surface area contributed by atoms with Crippen LogP contribution in [-0.2, 0) is 40.2 Å². The average molecular weight is 546 g/mol. The quantitative estimate of drug-likeness (QED) is 0.0507. The molecule has 3 aromatic rings. The van der Waals surface area contributed by atoms with E-state index in [0.29, 0.717) is 36.1 Å². The second-order valence-electron chi connectivity index (χ2n) is 6.94. The molecule has 0 saturated carbocycles. The molecule has 16 heteroatoms. The molecule has 0 aromatic heterocycles. The Kier molecular flexibility index (Phi) is 8.75. The molecule has 3 rings (SSSR count). The fraction of sp³-hybridized carbons (Fsp3) is 0.158. The molecule has 0 amide bonds. The largest absolute Gasteiger partial charge is 0.396 e. The summed E-state index contributed by atoms with van der Waals surface area (Å²) in [6.45, 7) is 0.175. The molecule has 0 unspecified atom stereocenters. The summed E-state index contributed by atoms with van der Waals surface area (Å²) in [6, 6.07) is 11.3. The number of nitrogens with two attached hydrogens (primary N) is 1. The summed E-state index contributed by atoms with van der Waals surface area (Å²) < 4.78 is 75.8. The number of rotatable bonds is 11. The highest BCUT2D eigenvalue weighted by Crippen LogP contribution is 2.37.